The SMILES string of the molecule is CCOC1CC(NC(=O)/C=C/C(=O)O)C1. The Morgan fingerprint density at radius 1 is 1.47 bits per heavy atom. The van der Waals surface area contributed by atoms with Crippen LogP contribution in [0.3, 0.4) is 0 Å². The van der Waals surface area contributed by atoms with Gasteiger partial charge in [0.1, 0.15) is 0 Å². The van der Waals surface area contributed by atoms with E-state index in [1.165, 1.54) is 0 Å². The second kappa shape index (κ2) is 5.50. The molecule has 1 aliphatic carbocycles. The van der Waals surface area contributed by atoms with Crippen LogP contribution < -0.4 is 5.32 Å². The van der Waals surface area contributed by atoms with E-state index in [9.17, 15) is 9.59 Å². The number of carbonyl (C=O) groups is 2. The van der Waals surface area contributed by atoms with Gasteiger partial charge < -0.3 is 15.2 Å². The lowest BCUT2D eigenvalue weighted by molar-refractivity contribution is -0.131. The number of rotatable bonds is 5. The molecule has 0 radical (unpaired) electrons. The largest absolute Gasteiger partial charge is 0.478 e. The highest BCUT2D eigenvalue weighted by Crippen LogP contribution is 2.22. The van der Waals surface area contributed by atoms with Gasteiger partial charge in [-0.15, -0.1) is 0 Å². The monoisotopic (exact) mass is 213 g/mol. The fourth-order valence-electron chi connectivity index (χ4n) is 1.45. The highest BCUT2D eigenvalue weighted by Gasteiger charge is 2.30. The molecule has 5 heteroatoms. The van der Waals surface area contributed by atoms with E-state index in [2.05, 4.69) is 5.32 Å². The maximum absolute atomic E-state index is 11.1. The predicted molar refractivity (Wildman–Crippen MR) is 53.4 cm³/mol. The standard InChI is InChI=1S/C10H15NO4/c1-2-15-8-5-7(6-8)11-9(12)3-4-10(13)14/h3-4,7-8H,2,5-6H2,1H3,(H,11,12)(H,13,14)/b4-3+. The summed E-state index contributed by atoms with van der Waals surface area (Å²) in [5.74, 6) is -1.48. The molecular formula is C10H15NO4. The van der Waals surface area contributed by atoms with Crippen molar-refractivity contribution < 1.29 is 19.4 Å². The molecule has 1 rings (SSSR count). The average Bonchev–Trinajstić information content (AvgIpc) is 2.11. The summed E-state index contributed by atoms with van der Waals surface area (Å²) in [6.07, 6.45) is 3.70. The molecule has 0 spiro atoms. The highest BCUT2D eigenvalue weighted by molar-refractivity contribution is 5.94. The van der Waals surface area contributed by atoms with Gasteiger partial charge >= 0.3 is 5.97 Å². The van der Waals surface area contributed by atoms with Crippen molar-refractivity contribution in [3.8, 4) is 0 Å². The zero-order valence-electron chi connectivity index (χ0n) is 8.60. The van der Waals surface area contributed by atoms with Crippen LogP contribution in [-0.4, -0.2) is 35.7 Å². The minimum Gasteiger partial charge on any atom is -0.478 e. The Morgan fingerprint density at radius 3 is 2.67 bits per heavy atom. The highest BCUT2D eigenvalue weighted by atomic mass is 16.5. The van der Waals surface area contributed by atoms with E-state index in [1.807, 2.05) is 6.92 Å². The third-order valence-electron chi connectivity index (χ3n) is 2.22. The molecule has 1 saturated carbocycles. The van der Waals surface area contributed by atoms with Crippen molar-refractivity contribution in [1.82, 2.24) is 5.32 Å². The van der Waals surface area contributed by atoms with Crippen LogP contribution >= 0.6 is 0 Å². The number of ether oxygens (including phenoxy) is 1. The second-order valence-electron chi connectivity index (χ2n) is 3.43. The van der Waals surface area contributed by atoms with Crippen molar-refractivity contribution in [2.75, 3.05) is 6.61 Å². The molecule has 1 aliphatic rings. The molecule has 0 heterocycles. The first-order valence-electron chi connectivity index (χ1n) is 4.95. The van der Waals surface area contributed by atoms with Crippen LogP contribution in [0.2, 0.25) is 0 Å². The average molecular weight is 213 g/mol. The second-order valence-corrected chi connectivity index (χ2v) is 3.43. The van der Waals surface area contributed by atoms with Crippen LogP contribution in [0, 0.1) is 0 Å². The molecule has 1 amide bonds. The van der Waals surface area contributed by atoms with Crippen molar-refractivity contribution in [3.05, 3.63) is 12.2 Å². The fourth-order valence-corrected chi connectivity index (χ4v) is 1.45. The van der Waals surface area contributed by atoms with Crippen molar-refractivity contribution in [2.45, 2.75) is 31.9 Å². The molecule has 0 aromatic rings. The minimum absolute atomic E-state index is 0.118. The van der Waals surface area contributed by atoms with Crippen molar-refractivity contribution in [3.63, 3.8) is 0 Å². The maximum Gasteiger partial charge on any atom is 0.328 e. The first kappa shape index (κ1) is 11.7. The van der Waals surface area contributed by atoms with Crippen LogP contribution in [0.15, 0.2) is 12.2 Å². The van der Waals surface area contributed by atoms with Gasteiger partial charge in [0, 0.05) is 24.8 Å². The Labute approximate surface area is 88.1 Å². The normalized spacial score (nSPS) is 24.9. The molecule has 0 aromatic heterocycles. The van der Waals surface area contributed by atoms with Gasteiger partial charge in [-0.2, -0.15) is 0 Å². The van der Waals surface area contributed by atoms with Crippen molar-refractivity contribution >= 4 is 11.9 Å². The van der Waals surface area contributed by atoms with E-state index >= 15 is 0 Å². The van der Waals surface area contributed by atoms with Gasteiger partial charge in [-0.1, -0.05) is 0 Å². The van der Waals surface area contributed by atoms with Gasteiger partial charge in [0.25, 0.3) is 0 Å². The summed E-state index contributed by atoms with van der Waals surface area (Å²) in [5.41, 5.74) is 0. The Hall–Kier alpha value is -1.36. The molecular weight excluding hydrogens is 198 g/mol. The summed E-state index contributed by atoms with van der Waals surface area (Å²) >= 11 is 0. The number of carboxylic acids is 1. The molecule has 2 N–H and O–H groups in total. The Bertz CT molecular complexity index is 269. The molecule has 15 heavy (non-hydrogen) atoms. The first-order chi connectivity index (χ1) is 7.11. The number of hydrogen-bond acceptors (Lipinski definition) is 3. The molecule has 0 bridgehead atoms. The van der Waals surface area contributed by atoms with Gasteiger partial charge in [-0.25, -0.2) is 4.79 Å². The fraction of sp³-hybridized carbons (Fsp3) is 0.600. The lowest BCUT2D eigenvalue weighted by atomic mass is 9.89. The zero-order valence-corrected chi connectivity index (χ0v) is 8.60. The van der Waals surface area contributed by atoms with Crippen LogP contribution in [0.4, 0.5) is 0 Å². The quantitative estimate of drug-likeness (QED) is 0.644. The summed E-state index contributed by atoms with van der Waals surface area (Å²) in [5, 5.41) is 11.0. The summed E-state index contributed by atoms with van der Waals surface area (Å²) in [6.45, 7) is 2.62. The number of aliphatic carboxylic acids is 1. The number of nitrogens with one attached hydrogen (secondary N) is 1. The maximum atomic E-state index is 11.1. The van der Waals surface area contributed by atoms with Gasteiger partial charge in [0.15, 0.2) is 0 Å². The van der Waals surface area contributed by atoms with E-state index in [0.29, 0.717) is 6.61 Å². The van der Waals surface area contributed by atoms with Gasteiger partial charge in [-0.05, 0) is 19.8 Å². The molecule has 1 fully saturated rings. The molecule has 0 unspecified atom stereocenters. The van der Waals surface area contributed by atoms with Crippen molar-refractivity contribution in [1.29, 1.82) is 0 Å². The lowest BCUT2D eigenvalue weighted by Crippen LogP contribution is -2.47. The van der Waals surface area contributed by atoms with Crippen LogP contribution in [-0.2, 0) is 14.3 Å². The Balaban J connectivity index is 2.16. The number of hydrogen-bond donors (Lipinski definition) is 2. The summed E-state index contributed by atoms with van der Waals surface area (Å²) in [6, 6.07) is 0.118. The van der Waals surface area contributed by atoms with E-state index in [0.717, 1.165) is 25.0 Å². The molecule has 0 aliphatic heterocycles. The molecule has 0 atom stereocenters. The van der Waals surface area contributed by atoms with Gasteiger partial charge in [-0.3, -0.25) is 4.79 Å². The summed E-state index contributed by atoms with van der Waals surface area (Å²) in [4.78, 5) is 21.2. The number of carboxylic acid groups (broad SMARTS) is 1. The topological polar surface area (TPSA) is 75.6 Å². The Morgan fingerprint density at radius 2 is 2.13 bits per heavy atom. The third-order valence-corrected chi connectivity index (χ3v) is 2.22. The summed E-state index contributed by atoms with van der Waals surface area (Å²) < 4.78 is 5.32. The van der Waals surface area contributed by atoms with Gasteiger partial charge in [0.05, 0.1) is 6.10 Å². The van der Waals surface area contributed by atoms with E-state index in [4.69, 9.17) is 9.84 Å². The van der Waals surface area contributed by atoms with Crippen LogP contribution in [0.5, 0.6) is 0 Å². The molecule has 5 nitrogen and oxygen atoms in total. The smallest absolute Gasteiger partial charge is 0.328 e. The summed E-state index contributed by atoms with van der Waals surface area (Å²) in [7, 11) is 0. The molecule has 84 valence electrons. The van der Waals surface area contributed by atoms with E-state index < -0.39 is 5.97 Å². The Kier molecular flexibility index (Phi) is 4.30. The van der Waals surface area contributed by atoms with Crippen LogP contribution in [0.1, 0.15) is 19.8 Å². The minimum atomic E-state index is -1.12. The third kappa shape index (κ3) is 4.12. The van der Waals surface area contributed by atoms with Gasteiger partial charge in [0.2, 0.25) is 5.91 Å². The van der Waals surface area contributed by atoms with E-state index in [-0.39, 0.29) is 18.1 Å². The van der Waals surface area contributed by atoms with E-state index in [1.54, 1.807) is 0 Å². The first-order valence-corrected chi connectivity index (χ1v) is 4.95. The lowest BCUT2D eigenvalue weighted by Gasteiger charge is -2.35. The zero-order chi connectivity index (χ0) is 11.3. The number of amides is 1. The predicted octanol–water partition coefficient (Wildman–Crippen LogP) is 0.311. The van der Waals surface area contributed by atoms with Crippen LogP contribution in [0.25, 0.3) is 0 Å². The number of carbonyl (C=O) groups excluding carboxylic acids is 1. The molecule has 0 aromatic carbocycles. The van der Waals surface area contributed by atoms with Crippen molar-refractivity contribution in [2.24, 2.45) is 0 Å². The molecule has 0 saturated heterocycles.